The molecule has 2 aromatic carbocycles. The van der Waals surface area contributed by atoms with Gasteiger partial charge in [0.25, 0.3) is 5.91 Å². The maximum atomic E-state index is 12.2. The van der Waals surface area contributed by atoms with Gasteiger partial charge in [0.1, 0.15) is 0 Å². The number of fused-ring (bicyclic) bond motifs is 1. The molecule has 1 heterocycles. The number of nitrogens with one attached hydrogen (secondary N) is 1. The molecule has 0 saturated carbocycles. The van der Waals surface area contributed by atoms with E-state index in [-0.39, 0.29) is 12.5 Å². The first kappa shape index (κ1) is 19.4. The highest BCUT2D eigenvalue weighted by molar-refractivity contribution is 7.99. The van der Waals surface area contributed by atoms with E-state index in [0.29, 0.717) is 28.0 Å². The first-order chi connectivity index (χ1) is 13.0. The van der Waals surface area contributed by atoms with Crippen LogP contribution in [-0.4, -0.2) is 30.5 Å². The van der Waals surface area contributed by atoms with Crippen LogP contribution in [0.1, 0.15) is 12.5 Å². The molecule has 6 nitrogen and oxygen atoms in total. The zero-order valence-corrected chi connectivity index (χ0v) is 16.1. The summed E-state index contributed by atoms with van der Waals surface area (Å²) >= 11 is 7.46. The van der Waals surface area contributed by atoms with Crippen molar-refractivity contribution in [3.8, 4) is 11.5 Å². The minimum Gasteiger partial charge on any atom is -0.454 e. The zero-order valence-electron chi connectivity index (χ0n) is 14.6. The standard InChI is InChI=1S/C19H18ClNO5S/c1-12(19(23)21-14-6-7-16-17(8-14)25-11-24-16)26-18(22)10-27-9-13-4-2-3-5-15(13)20/h2-8,12H,9-11H2,1H3,(H,21,23)/t12-/m1/s1. The Morgan fingerprint density at radius 3 is 2.81 bits per heavy atom. The van der Waals surface area contributed by atoms with E-state index in [9.17, 15) is 9.59 Å². The first-order valence-corrected chi connectivity index (χ1v) is 9.77. The van der Waals surface area contributed by atoms with Gasteiger partial charge in [-0.25, -0.2) is 0 Å². The Kier molecular flexibility index (Phi) is 6.47. The van der Waals surface area contributed by atoms with E-state index < -0.39 is 18.0 Å². The molecule has 0 radical (unpaired) electrons. The fourth-order valence-corrected chi connectivity index (χ4v) is 3.45. The number of hydrogen-bond donors (Lipinski definition) is 1. The lowest BCUT2D eigenvalue weighted by Gasteiger charge is -2.14. The molecule has 3 rings (SSSR count). The van der Waals surface area contributed by atoms with Crippen molar-refractivity contribution in [3.63, 3.8) is 0 Å². The van der Waals surface area contributed by atoms with Gasteiger partial charge in [0.2, 0.25) is 6.79 Å². The van der Waals surface area contributed by atoms with Gasteiger partial charge < -0.3 is 19.5 Å². The molecule has 0 unspecified atom stereocenters. The normalized spacial score (nSPS) is 13.1. The lowest BCUT2D eigenvalue weighted by molar-refractivity contribution is -0.150. The number of rotatable bonds is 7. The molecule has 0 bridgehead atoms. The predicted octanol–water partition coefficient (Wildman–Crippen LogP) is 3.87. The molecule has 1 amide bonds. The minimum absolute atomic E-state index is 0.132. The number of esters is 1. The molecular weight excluding hydrogens is 390 g/mol. The molecule has 0 aliphatic carbocycles. The molecule has 0 fully saturated rings. The van der Waals surface area contributed by atoms with E-state index >= 15 is 0 Å². The van der Waals surface area contributed by atoms with Crippen LogP contribution >= 0.6 is 23.4 Å². The average Bonchev–Trinajstić information content (AvgIpc) is 3.11. The fourth-order valence-electron chi connectivity index (χ4n) is 2.36. The highest BCUT2D eigenvalue weighted by Gasteiger charge is 2.20. The van der Waals surface area contributed by atoms with Crippen LogP contribution in [0.25, 0.3) is 0 Å². The summed E-state index contributed by atoms with van der Waals surface area (Å²) in [6.07, 6.45) is -0.913. The van der Waals surface area contributed by atoms with Gasteiger partial charge in [-0.2, -0.15) is 0 Å². The van der Waals surface area contributed by atoms with Crippen molar-refractivity contribution in [1.29, 1.82) is 0 Å². The summed E-state index contributed by atoms with van der Waals surface area (Å²) in [6, 6.07) is 12.5. The van der Waals surface area contributed by atoms with Crippen LogP contribution in [0.5, 0.6) is 11.5 Å². The number of amides is 1. The second-order valence-corrected chi connectivity index (χ2v) is 7.17. The number of thioether (sulfide) groups is 1. The highest BCUT2D eigenvalue weighted by atomic mass is 35.5. The Bertz CT molecular complexity index is 845. The van der Waals surface area contributed by atoms with Gasteiger partial charge >= 0.3 is 5.97 Å². The minimum atomic E-state index is -0.913. The SMILES string of the molecule is C[C@@H](OC(=O)CSCc1ccccc1Cl)C(=O)Nc1ccc2c(c1)OCO2. The molecule has 27 heavy (non-hydrogen) atoms. The van der Waals surface area contributed by atoms with Crippen molar-refractivity contribution in [2.75, 3.05) is 17.9 Å². The lowest BCUT2D eigenvalue weighted by atomic mass is 10.2. The van der Waals surface area contributed by atoms with Gasteiger partial charge in [-0.15, -0.1) is 11.8 Å². The van der Waals surface area contributed by atoms with E-state index in [1.807, 2.05) is 18.2 Å². The summed E-state index contributed by atoms with van der Waals surface area (Å²) in [4.78, 5) is 24.1. The third-order valence-corrected chi connectivity index (χ3v) is 5.08. The molecule has 1 aliphatic rings. The summed E-state index contributed by atoms with van der Waals surface area (Å²) in [6.45, 7) is 1.69. The molecule has 0 saturated heterocycles. The smallest absolute Gasteiger partial charge is 0.316 e. The molecule has 1 N–H and O–H groups in total. The summed E-state index contributed by atoms with van der Waals surface area (Å²) in [5.74, 6) is 1.04. The van der Waals surface area contributed by atoms with Crippen molar-refractivity contribution in [2.45, 2.75) is 18.8 Å². The molecule has 0 spiro atoms. The van der Waals surface area contributed by atoms with Crippen LogP contribution in [0.4, 0.5) is 5.69 Å². The number of hydrogen-bond acceptors (Lipinski definition) is 6. The summed E-state index contributed by atoms with van der Waals surface area (Å²) in [5, 5.41) is 3.35. The van der Waals surface area contributed by atoms with Crippen LogP contribution in [0.2, 0.25) is 5.02 Å². The Balaban J connectivity index is 1.43. The topological polar surface area (TPSA) is 73.9 Å². The van der Waals surface area contributed by atoms with E-state index in [0.717, 1.165) is 5.56 Å². The largest absolute Gasteiger partial charge is 0.454 e. The second-order valence-electron chi connectivity index (χ2n) is 5.77. The van der Waals surface area contributed by atoms with Crippen LogP contribution in [0.15, 0.2) is 42.5 Å². The van der Waals surface area contributed by atoms with Crippen molar-refractivity contribution in [1.82, 2.24) is 0 Å². The molecule has 8 heteroatoms. The molecule has 2 aromatic rings. The Morgan fingerprint density at radius 1 is 1.22 bits per heavy atom. The van der Waals surface area contributed by atoms with Gasteiger partial charge in [0, 0.05) is 22.5 Å². The van der Waals surface area contributed by atoms with Gasteiger partial charge in [-0.3, -0.25) is 9.59 Å². The highest BCUT2D eigenvalue weighted by Crippen LogP contribution is 2.34. The fraction of sp³-hybridized carbons (Fsp3) is 0.263. The van der Waals surface area contributed by atoms with Gasteiger partial charge in [-0.1, -0.05) is 29.8 Å². The number of carbonyl (C=O) groups is 2. The third kappa shape index (κ3) is 5.30. The average molecular weight is 408 g/mol. The van der Waals surface area contributed by atoms with Gasteiger partial charge in [-0.05, 0) is 30.7 Å². The Morgan fingerprint density at radius 2 is 2.00 bits per heavy atom. The van der Waals surface area contributed by atoms with E-state index in [4.69, 9.17) is 25.8 Å². The summed E-state index contributed by atoms with van der Waals surface area (Å²) in [7, 11) is 0. The molecular formula is C19H18ClNO5S. The van der Waals surface area contributed by atoms with Crippen LogP contribution < -0.4 is 14.8 Å². The quantitative estimate of drug-likeness (QED) is 0.702. The van der Waals surface area contributed by atoms with Crippen molar-refractivity contribution in [3.05, 3.63) is 53.1 Å². The van der Waals surface area contributed by atoms with E-state index in [1.54, 1.807) is 24.3 Å². The van der Waals surface area contributed by atoms with Crippen molar-refractivity contribution < 1.29 is 23.8 Å². The van der Waals surface area contributed by atoms with Crippen molar-refractivity contribution >= 4 is 40.9 Å². The predicted molar refractivity (Wildman–Crippen MR) is 104 cm³/mol. The molecule has 1 atom stereocenters. The zero-order chi connectivity index (χ0) is 19.2. The van der Waals surface area contributed by atoms with Crippen LogP contribution in [0, 0.1) is 0 Å². The maximum Gasteiger partial charge on any atom is 0.316 e. The first-order valence-electron chi connectivity index (χ1n) is 8.24. The Hall–Kier alpha value is -2.38. The molecule has 142 valence electrons. The molecule has 1 aliphatic heterocycles. The summed E-state index contributed by atoms with van der Waals surface area (Å²) < 4.78 is 15.7. The third-order valence-electron chi connectivity index (χ3n) is 3.75. The van der Waals surface area contributed by atoms with Crippen molar-refractivity contribution in [2.24, 2.45) is 0 Å². The lowest BCUT2D eigenvalue weighted by Crippen LogP contribution is -2.30. The van der Waals surface area contributed by atoms with E-state index in [1.165, 1.54) is 18.7 Å². The van der Waals surface area contributed by atoms with E-state index in [2.05, 4.69) is 5.32 Å². The number of halogens is 1. The monoisotopic (exact) mass is 407 g/mol. The van der Waals surface area contributed by atoms with Crippen LogP contribution in [0.3, 0.4) is 0 Å². The summed E-state index contributed by atoms with van der Waals surface area (Å²) in [5.41, 5.74) is 1.49. The number of ether oxygens (including phenoxy) is 3. The van der Waals surface area contributed by atoms with Crippen LogP contribution in [-0.2, 0) is 20.1 Å². The number of anilines is 1. The maximum absolute atomic E-state index is 12.2. The van der Waals surface area contributed by atoms with Gasteiger partial charge in [0.05, 0.1) is 5.75 Å². The number of carbonyl (C=O) groups excluding carboxylic acids is 2. The second kappa shape index (κ2) is 9.01. The van der Waals surface area contributed by atoms with Gasteiger partial charge in [0.15, 0.2) is 17.6 Å². The molecule has 0 aromatic heterocycles. The number of benzene rings is 2. The Labute approximate surface area is 166 Å².